The van der Waals surface area contributed by atoms with Gasteiger partial charge in [-0.2, -0.15) is 0 Å². The van der Waals surface area contributed by atoms with Crippen LogP contribution in [0.5, 0.6) is 0 Å². The molecule has 2 aromatic rings. The largest absolute Gasteiger partial charge is 0.352 e. The number of aryl methyl sites for hydroxylation is 1. The van der Waals surface area contributed by atoms with Crippen molar-refractivity contribution in [3.05, 3.63) is 65.7 Å². The zero-order valence-electron chi connectivity index (χ0n) is 20.2. The molecule has 0 aliphatic heterocycles. The molecule has 0 bridgehead atoms. The zero-order chi connectivity index (χ0) is 24.7. The molecule has 0 unspecified atom stereocenters. The van der Waals surface area contributed by atoms with Gasteiger partial charge in [-0.05, 0) is 43.9 Å². The quantitative estimate of drug-likeness (QED) is 0.588. The van der Waals surface area contributed by atoms with E-state index in [1.165, 1.54) is 11.3 Å². The molecule has 34 heavy (non-hydrogen) atoms. The molecule has 8 heteroatoms. The third kappa shape index (κ3) is 6.82. The van der Waals surface area contributed by atoms with Crippen molar-refractivity contribution in [1.29, 1.82) is 0 Å². The summed E-state index contributed by atoms with van der Waals surface area (Å²) in [7, 11) is -3.73. The Labute approximate surface area is 203 Å². The smallest absolute Gasteiger partial charge is 0.244 e. The van der Waals surface area contributed by atoms with Gasteiger partial charge in [-0.25, -0.2) is 8.42 Å². The van der Waals surface area contributed by atoms with E-state index in [-0.39, 0.29) is 25.0 Å². The maximum atomic E-state index is 13.6. The van der Waals surface area contributed by atoms with Gasteiger partial charge in [-0.15, -0.1) is 0 Å². The van der Waals surface area contributed by atoms with Gasteiger partial charge in [0.2, 0.25) is 21.8 Å². The number of rotatable bonds is 9. The number of benzene rings is 2. The van der Waals surface area contributed by atoms with Crippen molar-refractivity contribution in [3.8, 4) is 0 Å². The third-order valence-electron chi connectivity index (χ3n) is 6.38. The van der Waals surface area contributed by atoms with Gasteiger partial charge in [-0.1, -0.05) is 67.8 Å². The van der Waals surface area contributed by atoms with Crippen molar-refractivity contribution >= 4 is 27.5 Å². The molecule has 0 aromatic heterocycles. The molecule has 0 saturated heterocycles. The van der Waals surface area contributed by atoms with E-state index in [4.69, 9.17) is 0 Å². The first kappa shape index (κ1) is 25.7. The van der Waals surface area contributed by atoms with Crippen molar-refractivity contribution in [2.75, 3.05) is 17.1 Å². The second-order valence-corrected chi connectivity index (χ2v) is 11.0. The SMILES string of the molecule is Cc1ccccc1N(CC(=O)N(Cc1ccccc1)[C@@H](C)C(=O)NC1CCCCC1)S(C)(=O)=O. The minimum Gasteiger partial charge on any atom is -0.352 e. The Kier molecular flexibility index (Phi) is 8.72. The van der Waals surface area contributed by atoms with Crippen LogP contribution in [0.2, 0.25) is 0 Å². The average molecular weight is 486 g/mol. The number of carbonyl (C=O) groups is 2. The van der Waals surface area contributed by atoms with Crippen molar-refractivity contribution in [1.82, 2.24) is 10.2 Å². The van der Waals surface area contributed by atoms with Crippen molar-refractivity contribution in [3.63, 3.8) is 0 Å². The van der Waals surface area contributed by atoms with E-state index < -0.39 is 22.0 Å². The van der Waals surface area contributed by atoms with Crippen LogP contribution in [-0.2, 0) is 26.2 Å². The lowest BCUT2D eigenvalue weighted by molar-refractivity contribution is -0.139. The van der Waals surface area contributed by atoms with Gasteiger partial charge in [0.25, 0.3) is 0 Å². The minimum absolute atomic E-state index is 0.122. The molecular formula is C26H35N3O4S. The summed E-state index contributed by atoms with van der Waals surface area (Å²) in [5.41, 5.74) is 2.07. The standard InChI is InChI=1S/C26H35N3O4S/c1-20-12-10-11-17-24(20)29(34(3,32)33)19-25(30)28(18-22-13-6-4-7-14-22)21(2)26(31)27-23-15-8-5-9-16-23/h4,6-7,10-14,17,21,23H,5,8-9,15-16,18-19H2,1-3H3,(H,27,31)/t21-/m0/s1. The Morgan fingerprint density at radius 1 is 1.00 bits per heavy atom. The highest BCUT2D eigenvalue weighted by Gasteiger charge is 2.31. The monoisotopic (exact) mass is 485 g/mol. The number of para-hydroxylation sites is 1. The number of carbonyl (C=O) groups excluding carboxylic acids is 2. The Morgan fingerprint density at radius 2 is 1.62 bits per heavy atom. The van der Waals surface area contributed by atoms with E-state index in [1.54, 1.807) is 32.0 Å². The van der Waals surface area contributed by atoms with Crippen LogP contribution in [0.15, 0.2) is 54.6 Å². The van der Waals surface area contributed by atoms with Gasteiger partial charge in [0.1, 0.15) is 12.6 Å². The summed E-state index contributed by atoms with van der Waals surface area (Å²) >= 11 is 0. The topological polar surface area (TPSA) is 86.8 Å². The molecule has 7 nitrogen and oxygen atoms in total. The van der Waals surface area contributed by atoms with E-state index in [2.05, 4.69) is 5.32 Å². The summed E-state index contributed by atoms with van der Waals surface area (Å²) in [4.78, 5) is 28.2. The first-order valence-electron chi connectivity index (χ1n) is 11.8. The number of hydrogen-bond acceptors (Lipinski definition) is 4. The number of nitrogens with one attached hydrogen (secondary N) is 1. The van der Waals surface area contributed by atoms with Crippen LogP contribution in [0.3, 0.4) is 0 Å². The first-order valence-corrected chi connectivity index (χ1v) is 13.7. The second-order valence-electron chi connectivity index (χ2n) is 9.08. The maximum absolute atomic E-state index is 13.6. The van der Waals surface area contributed by atoms with E-state index >= 15 is 0 Å². The zero-order valence-corrected chi connectivity index (χ0v) is 21.1. The molecule has 3 rings (SSSR count). The molecule has 1 saturated carbocycles. The van der Waals surface area contributed by atoms with Crippen LogP contribution < -0.4 is 9.62 Å². The number of anilines is 1. The summed E-state index contributed by atoms with van der Waals surface area (Å²) in [6, 6.07) is 15.9. The average Bonchev–Trinajstić information content (AvgIpc) is 2.81. The molecule has 1 fully saturated rings. The van der Waals surface area contributed by atoms with Crippen LogP contribution in [-0.4, -0.2) is 50.0 Å². The van der Waals surface area contributed by atoms with Crippen molar-refractivity contribution < 1.29 is 18.0 Å². The van der Waals surface area contributed by atoms with Gasteiger partial charge in [0.15, 0.2) is 0 Å². The summed E-state index contributed by atoms with van der Waals surface area (Å²) < 4.78 is 26.4. The van der Waals surface area contributed by atoms with E-state index in [9.17, 15) is 18.0 Å². The lowest BCUT2D eigenvalue weighted by atomic mass is 9.95. The molecule has 0 heterocycles. The van der Waals surface area contributed by atoms with Gasteiger partial charge >= 0.3 is 0 Å². The lowest BCUT2D eigenvalue weighted by Crippen LogP contribution is -2.53. The fourth-order valence-corrected chi connectivity index (χ4v) is 5.28. The summed E-state index contributed by atoms with van der Waals surface area (Å²) in [6.07, 6.45) is 6.34. The fourth-order valence-electron chi connectivity index (χ4n) is 4.37. The Balaban J connectivity index is 1.85. The third-order valence-corrected chi connectivity index (χ3v) is 7.50. The van der Waals surface area contributed by atoms with Crippen LogP contribution in [0.1, 0.15) is 50.2 Å². The fraction of sp³-hybridized carbons (Fsp3) is 0.462. The molecule has 1 atom stereocenters. The van der Waals surface area contributed by atoms with Crippen molar-refractivity contribution in [2.45, 2.75) is 64.6 Å². The highest BCUT2D eigenvalue weighted by atomic mass is 32.2. The molecule has 2 aromatic carbocycles. The molecule has 0 radical (unpaired) electrons. The number of nitrogens with zero attached hydrogens (tertiary/aromatic N) is 2. The number of sulfonamides is 1. The van der Waals surface area contributed by atoms with Crippen molar-refractivity contribution in [2.24, 2.45) is 0 Å². The van der Waals surface area contributed by atoms with Crippen LogP contribution >= 0.6 is 0 Å². The summed E-state index contributed by atoms with van der Waals surface area (Å²) in [5, 5.41) is 3.10. The molecule has 2 amide bonds. The number of hydrogen-bond donors (Lipinski definition) is 1. The van der Waals surface area contributed by atoms with Gasteiger partial charge in [-0.3, -0.25) is 13.9 Å². The van der Waals surface area contributed by atoms with E-state index in [1.807, 2.05) is 36.4 Å². The Hall–Kier alpha value is -2.87. The van der Waals surface area contributed by atoms with Gasteiger partial charge < -0.3 is 10.2 Å². The summed E-state index contributed by atoms with van der Waals surface area (Å²) in [6.45, 7) is 3.35. The Bertz CT molecular complexity index is 1080. The molecule has 0 spiro atoms. The molecule has 184 valence electrons. The van der Waals surface area contributed by atoms with Gasteiger partial charge in [0.05, 0.1) is 11.9 Å². The Morgan fingerprint density at radius 3 is 2.24 bits per heavy atom. The maximum Gasteiger partial charge on any atom is 0.244 e. The highest BCUT2D eigenvalue weighted by Crippen LogP contribution is 2.23. The van der Waals surface area contributed by atoms with Crippen LogP contribution in [0, 0.1) is 6.92 Å². The molecule has 1 aliphatic carbocycles. The lowest BCUT2D eigenvalue weighted by Gasteiger charge is -2.33. The van der Waals surface area contributed by atoms with E-state index in [0.29, 0.717) is 5.69 Å². The van der Waals surface area contributed by atoms with Gasteiger partial charge in [0, 0.05) is 12.6 Å². The molecule has 1 N–H and O–H groups in total. The predicted molar refractivity (Wildman–Crippen MR) is 135 cm³/mol. The minimum atomic E-state index is -3.73. The molecule has 1 aliphatic rings. The van der Waals surface area contributed by atoms with Crippen LogP contribution in [0.4, 0.5) is 5.69 Å². The predicted octanol–water partition coefficient (Wildman–Crippen LogP) is 3.63. The van der Waals surface area contributed by atoms with E-state index in [0.717, 1.165) is 47.4 Å². The second kappa shape index (κ2) is 11.5. The van der Waals surface area contributed by atoms with Crippen LogP contribution in [0.25, 0.3) is 0 Å². The molecular weight excluding hydrogens is 450 g/mol. The normalized spacial score (nSPS) is 15.4. The first-order chi connectivity index (χ1) is 16.2. The number of amides is 2. The highest BCUT2D eigenvalue weighted by molar-refractivity contribution is 7.92. The summed E-state index contributed by atoms with van der Waals surface area (Å²) in [5.74, 6) is -0.637.